The van der Waals surface area contributed by atoms with Gasteiger partial charge in [0, 0.05) is 0 Å². The van der Waals surface area contributed by atoms with Crippen molar-refractivity contribution in [1.29, 1.82) is 0 Å². The Labute approximate surface area is 212 Å². The Morgan fingerprint density at radius 3 is 0.875 bits per heavy atom. The molecule has 0 saturated carbocycles. The van der Waals surface area contributed by atoms with Crippen LogP contribution in [0.1, 0.15) is 132 Å². The molecule has 0 radical (unpaired) electrons. The van der Waals surface area contributed by atoms with Crippen molar-refractivity contribution in [2.24, 2.45) is 0 Å². The first kappa shape index (κ1) is 33.3. The van der Waals surface area contributed by atoms with Crippen molar-refractivity contribution in [1.82, 2.24) is 0 Å². The van der Waals surface area contributed by atoms with E-state index in [1.807, 2.05) is 3.59 Å². The number of aliphatic hydroxyl groups excluding tert-OH is 1. The van der Waals surface area contributed by atoms with Crippen molar-refractivity contribution < 1.29 is 5.11 Å². The van der Waals surface area contributed by atoms with Gasteiger partial charge in [-0.25, -0.2) is 0 Å². The standard InChI is InChI=1S/C5H8O.6C4H9.2Sn/c1-2-3-4-5-6;6*1-3-4-2;;/h6H,2,5H2,1H3;6*1,3-4H2,2H3;;. The average molecular weight is 664 g/mol. The van der Waals surface area contributed by atoms with E-state index in [1.54, 1.807) is 16.9 Å². The second-order valence-electron chi connectivity index (χ2n) is 10.7. The van der Waals surface area contributed by atoms with Gasteiger partial charge in [-0.2, -0.15) is 0 Å². The molecule has 0 unspecified atom stereocenters. The van der Waals surface area contributed by atoms with Crippen LogP contribution in [0.15, 0.2) is 7.18 Å². The monoisotopic (exact) mass is 666 g/mol. The van der Waals surface area contributed by atoms with Crippen LogP contribution in [0.3, 0.4) is 0 Å². The molecule has 0 aliphatic rings. The molecule has 1 nitrogen and oxygen atoms in total. The molecule has 0 aromatic heterocycles. The number of hydrogen-bond acceptors (Lipinski definition) is 1. The molecule has 0 atom stereocenters. The number of rotatable bonds is 22. The van der Waals surface area contributed by atoms with Gasteiger partial charge in [0.25, 0.3) is 0 Å². The molecular weight excluding hydrogens is 602 g/mol. The van der Waals surface area contributed by atoms with Crippen LogP contribution in [0.2, 0.25) is 26.6 Å². The molecule has 0 aromatic carbocycles. The third kappa shape index (κ3) is 10.9. The van der Waals surface area contributed by atoms with E-state index in [0.717, 1.165) is 0 Å². The van der Waals surface area contributed by atoms with Gasteiger partial charge >= 0.3 is 214 Å². The minimum absolute atomic E-state index is 0.430. The Bertz CT molecular complexity index is 386. The van der Waals surface area contributed by atoms with Crippen molar-refractivity contribution in [3.05, 3.63) is 7.18 Å². The molecule has 0 saturated heterocycles. The fraction of sp³-hybridized carbons (Fsp3) is 0.931. The fourth-order valence-corrected chi connectivity index (χ4v) is 51.0. The van der Waals surface area contributed by atoms with Crippen LogP contribution < -0.4 is 0 Å². The van der Waals surface area contributed by atoms with E-state index in [-0.39, 0.29) is 0 Å². The summed E-state index contributed by atoms with van der Waals surface area (Å²) < 4.78 is 13.0. The van der Waals surface area contributed by atoms with Gasteiger partial charge in [-0.15, -0.1) is 0 Å². The van der Waals surface area contributed by atoms with E-state index in [2.05, 4.69) is 48.5 Å². The molecule has 0 aliphatic heterocycles. The summed E-state index contributed by atoms with van der Waals surface area (Å²) in [4.78, 5) is 0. The molecule has 0 aromatic rings. The Balaban J connectivity index is 6.82. The van der Waals surface area contributed by atoms with Gasteiger partial charge in [0.05, 0.1) is 0 Å². The summed E-state index contributed by atoms with van der Waals surface area (Å²) in [6, 6.07) is 0. The van der Waals surface area contributed by atoms with Crippen LogP contribution in [0.5, 0.6) is 0 Å². The van der Waals surface area contributed by atoms with Crippen molar-refractivity contribution in [2.45, 2.75) is 159 Å². The number of aliphatic hydroxyl groups is 1. The zero-order valence-corrected chi connectivity index (χ0v) is 29.3. The quantitative estimate of drug-likeness (QED) is 0.114. The van der Waals surface area contributed by atoms with Crippen LogP contribution in [-0.4, -0.2) is 48.5 Å². The Morgan fingerprint density at radius 2 is 0.688 bits per heavy atom. The molecule has 0 bridgehead atoms. The maximum atomic E-state index is 11.1. The second-order valence-corrected chi connectivity index (χ2v) is 37.3. The van der Waals surface area contributed by atoms with Gasteiger partial charge in [-0.3, -0.25) is 0 Å². The molecular formula is C29H62OSn2. The first-order valence-electron chi connectivity index (χ1n) is 14.8. The summed E-state index contributed by atoms with van der Waals surface area (Å²) in [5, 5.41) is 11.1. The third-order valence-corrected chi connectivity index (χ3v) is 43.2. The number of allylic oxidation sites excluding steroid dienone is 1. The summed E-state index contributed by atoms with van der Waals surface area (Å²) >= 11 is -5.08. The zero-order valence-electron chi connectivity index (χ0n) is 23.6. The first-order chi connectivity index (χ1) is 15.5. The van der Waals surface area contributed by atoms with E-state index in [1.165, 1.54) is 96.8 Å². The van der Waals surface area contributed by atoms with Crippen LogP contribution in [0.25, 0.3) is 0 Å². The Kier molecular flexibility index (Phi) is 21.3. The topological polar surface area (TPSA) is 20.2 Å². The van der Waals surface area contributed by atoms with Gasteiger partial charge < -0.3 is 0 Å². The molecule has 3 heteroatoms. The van der Waals surface area contributed by atoms with E-state index < -0.39 is 36.8 Å². The van der Waals surface area contributed by atoms with E-state index in [4.69, 9.17) is 0 Å². The Morgan fingerprint density at radius 1 is 0.438 bits per heavy atom. The summed E-state index contributed by atoms with van der Waals surface area (Å²) in [6.07, 6.45) is 17.8. The fourth-order valence-electron chi connectivity index (χ4n) is 6.24. The molecule has 32 heavy (non-hydrogen) atoms. The van der Waals surface area contributed by atoms with Gasteiger partial charge in [-0.05, 0) is 0 Å². The SMILES string of the molecule is CCC[CH2][Sn]([CH2]CCC)([CH2]CCC)/[C](CC)=[C](/CO)[Sn]([CH2]CCC)([CH2]CCC)[CH2]CCC. The molecule has 0 amide bonds. The maximum absolute atomic E-state index is 11.1. The van der Waals surface area contributed by atoms with Crippen LogP contribution in [0.4, 0.5) is 0 Å². The molecule has 0 spiro atoms. The van der Waals surface area contributed by atoms with Crippen molar-refractivity contribution in [3.63, 3.8) is 0 Å². The van der Waals surface area contributed by atoms with E-state index in [0.29, 0.717) is 6.61 Å². The average Bonchev–Trinajstić information content (AvgIpc) is 2.82. The normalized spacial score (nSPS) is 13.5. The van der Waals surface area contributed by atoms with Crippen LogP contribution in [0, 0.1) is 0 Å². The summed E-state index contributed by atoms with van der Waals surface area (Å²) in [5.74, 6) is 0. The third-order valence-electron chi connectivity index (χ3n) is 8.21. The summed E-state index contributed by atoms with van der Waals surface area (Å²) in [5.41, 5.74) is 0. The molecule has 0 fully saturated rings. The Hall–Kier alpha value is 1.30. The van der Waals surface area contributed by atoms with Crippen molar-refractivity contribution >= 4 is 36.8 Å². The first-order valence-corrected chi connectivity index (χ1v) is 29.8. The van der Waals surface area contributed by atoms with E-state index in [9.17, 15) is 5.11 Å². The van der Waals surface area contributed by atoms with Crippen molar-refractivity contribution in [3.8, 4) is 0 Å². The summed E-state index contributed by atoms with van der Waals surface area (Å²) in [6.45, 7) is 17.2. The molecule has 1 N–H and O–H groups in total. The van der Waals surface area contributed by atoms with Gasteiger partial charge in [0.15, 0.2) is 0 Å². The molecule has 0 rings (SSSR count). The number of hydrogen-bond donors (Lipinski definition) is 1. The second kappa shape index (κ2) is 20.5. The minimum atomic E-state index is -2.58. The predicted molar refractivity (Wildman–Crippen MR) is 154 cm³/mol. The van der Waals surface area contributed by atoms with Gasteiger partial charge in [-0.1, -0.05) is 0 Å². The van der Waals surface area contributed by atoms with Gasteiger partial charge in [0.2, 0.25) is 0 Å². The molecule has 192 valence electrons. The van der Waals surface area contributed by atoms with Crippen LogP contribution in [-0.2, 0) is 0 Å². The predicted octanol–water partition coefficient (Wildman–Crippen LogP) is 10.5. The zero-order chi connectivity index (χ0) is 24.3. The van der Waals surface area contributed by atoms with Gasteiger partial charge in [0.1, 0.15) is 0 Å². The van der Waals surface area contributed by atoms with E-state index >= 15 is 0 Å². The van der Waals surface area contributed by atoms with Crippen LogP contribution >= 0.6 is 0 Å². The number of unbranched alkanes of at least 4 members (excludes halogenated alkanes) is 6. The molecule has 0 heterocycles. The van der Waals surface area contributed by atoms with Crippen molar-refractivity contribution in [2.75, 3.05) is 6.61 Å². The summed E-state index contributed by atoms with van der Waals surface area (Å²) in [7, 11) is 0. The molecule has 0 aliphatic carbocycles.